The average Bonchev–Trinajstić information content (AvgIpc) is 1.88. The van der Waals surface area contributed by atoms with Crippen LogP contribution in [0.4, 0.5) is 0 Å². The van der Waals surface area contributed by atoms with Gasteiger partial charge in [-0.05, 0) is 6.54 Å². The number of hydrogen-bond donors (Lipinski definition) is 1. The van der Waals surface area contributed by atoms with Crippen LogP contribution in [0.25, 0.3) is 0 Å². The summed E-state index contributed by atoms with van der Waals surface area (Å²) in [7, 11) is 0.0863. The molecule has 0 saturated heterocycles. The standard InChI is InChI=1S/C6H16N2O2S/c1-4-7-5-6-11(9,10)8(2)3/h7H,4-6H2,1-3H3. The van der Waals surface area contributed by atoms with Gasteiger partial charge in [-0.1, -0.05) is 6.92 Å². The van der Waals surface area contributed by atoms with Crippen LogP contribution in [0.1, 0.15) is 6.92 Å². The highest BCUT2D eigenvalue weighted by Crippen LogP contribution is 1.91. The van der Waals surface area contributed by atoms with Crippen LogP contribution in [0.3, 0.4) is 0 Å². The summed E-state index contributed by atoms with van der Waals surface area (Å²) >= 11 is 0. The summed E-state index contributed by atoms with van der Waals surface area (Å²) in [5.74, 6) is 0.174. The molecule has 5 heteroatoms. The normalized spacial score (nSPS) is 12.4. The van der Waals surface area contributed by atoms with E-state index in [1.54, 1.807) is 14.1 Å². The van der Waals surface area contributed by atoms with Crippen molar-refractivity contribution in [2.75, 3.05) is 32.9 Å². The molecule has 0 aromatic rings. The second-order valence-corrected chi connectivity index (χ2v) is 4.75. The van der Waals surface area contributed by atoms with Gasteiger partial charge in [0.25, 0.3) is 0 Å². The molecule has 0 aliphatic rings. The lowest BCUT2D eigenvalue weighted by Crippen LogP contribution is -2.31. The van der Waals surface area contributed by atoms with E-state index in [2.05, 4.69) is 5.32 Å². The number of hydrogen-bond acceptors (Lipinski definition) is 3. The lowest BCUT2D eigenvalue weighted by atomic mass is 10.7. The van der Waals surface area contributed by atoms with Gasteiger partial charge in [0.2, 0.25) is 10.0 Å². The molecule has 0 aliphatic carbocycles. The Hall–Kier alpha value is -0.130. The molecule has 0 radical (unpaired) electrons. The Kier molecular flexibility index (Phi) is 4.63. The Morgan fingerprint density at radius 3 is 2.27 bits per heavy atom. The first kappa shape index (κ1) is 10.9. The van der Waals surface area contributed by atoms with Crippen LogP contribution in [-0.4, -0.2) is 45.7 Å². The maximum absolute atomic E-state index is 11.1. The number of sulfonamides is 1. The van der Waals surface area contributed by atoms with Crippen molar-refractivity contribution in [3.63, 3.8) is 0 Å². The monoisotopic (exact) mass is 180 g/mol. The summed E-state index contributed by atoms with van der Waals surface area (Å²) in [6.07, 6.45) is 0. The highest BCUT2D eigenvalue weighted by atomic mass is 32.2. The van der Waals surface area contributed by atoms with Crippen molar-refractivity contribution in [3.05, 3.63) is 0 Å². The molecule has 0 amide bonds. The van der Waals surface area contributed by atoms with Gasteiger partial charge in [0.05, 0.1) is 5.75 Å². The molecule has 4 nitrogen and oxygen atoms in total. The summed E-state index contributed by atoms with van der Waals surface area (Å²) in [5, 5.41) is 2.95. The second-order valence-electron chi connectivity index (χ2n) is 2.45. The van der Waals surface area contributed by atoms with Crippen LogP contribution < -0.4 is 5.32 Å². The van der Waals surface area contributed by atoms with Crippen LogP contribution >= 0.6 is 0 Å². The quantitative estimate of drug-likeness (QED) is 0.580. The predicted molar refractivity (Wildman–Crippen MR) is 46.0 cm³/mol. The van der Waals surface area contributed by atoms with E-state index in [0.29, 0.717) is 6.54 Å². The summed E-state index contributed by atoms with van der Waals surface area (Å²) in [4.78, 5) is 0. The van der Waals surface area contributed by atoms with E-state index in [4.69, 9.17) is 0 Å². The molecule has 11 heavy (non-hydrogen) atoms. The van der Waals surface area contributed by atoms with Gasteiger partial charge >= 0.3 is 0 Å². The van der Waals surface area contributed by atoms with Crippen molar-refractivity contribution in [1.29, 1.82) is 0 Å². The van der Waals surface area contributed by atoms with E-state index in [1.165, 1.54) is 4.31 Å². The minimum atomic E-state index is -3.00. The maximum Gasteiger partial charge on any atom is 0.214 e. The van der Waals surface area contributed by atoms with Gasteiger partial charge in [-0.15, -0.1) is 0 Å². The molecular weight excluding hydrogens is 164 g/mol. The fourth-order valence-electron chi connectivity index (χ4n) is 0.560. The highest BCUT2D eigenvalue weighted by Gasteiger charge is 2.11. The number of nitrogens with one attached hydrogen (secondary N) is 1. The number of rotatable bonds is 5. The second kappa shape index (κ2) is 4.69. The van der Waals surface area contributed by atoms with Crippen molar-refractivity contribution in [1.82, 2.24) is 9.62 Å². The van der Waals surface area contributed by atoms with Crippen LogP contribution in [0.5, 0.6) is 0 Å². The predicted octanol–water partition coefficient (Wildman–Crippen LogP) is -0.513. The van der Waals surface area contributed by atoms with Gasteiger partial charge in [0.15, 0.2) is 0 Å². The minimum absolute atomic E-state index is 0.174. The highest BCUT2D eigenvalue weighted by molar-refractivity contribution is 7.89. The fraction of sp³-hybridized carbons (Fsp3) is 1.00. The largest absolute Gasteiger partial charge is 0.316 e. The van der Waals surface area contributed by atoms with Crippen molar-refractivity contribution in [2.45, 2.75) is 6.92 Å². The van der Waals surface area contributed by atoms with Gasteiger partial charge < -0.3 is 5.32 Å². The van der Waals surface area contributed by atoms with Gasteiger partial charge in [-0.3, -0.25) is 0 Å². The molecular formula is C6H16N2O2S. The third kappa shape index (κ3) is 4.34. The van der Waals surface area contributed by atoms with Crippen molar-refractivity contribution in [2.24, 2.45) is 0 Å². The molecule has 0 rings (SSSR count). The van der Waals surface area contributed by atoms with Gasteiger partial charge in [0.1, 0.15) is 0 Å². The fourth-order valence-corrected chi connectivity index (χ4v) is 1.33. The van der Waals surface area contributed by atoms with E-state index >= 15 is 0 Å². The first-order chi connectivity index (χ1) is 5.00. The molecule has 0 aromatic heterocycles. The molecule has 0 aromatic carbocycles. The zero-order valence-corrected chi connectivity index (χ0v) is 8.11. The zero-order valence-electron chi connectivity index (χ0n) is 7.29. The summed E-state index contributed by atoms with van der Waals surface area (Å²) in [6.45, 7) is 3.28. The SMILES string of the molecule is CCNCCS(=O)(=O)N(C)C. The molecule has 0 atom stereocenters. The molecule has 0 aliphatic heterocycles. The molecule has 68 valence electrons. The Balaban J connectivity index is 3.75. The number of nitrogens with zero attached hydrogens (tertiary/aromatic N) is 1. The molecule has 0 heterocycles. The maximum atomic E-state index is 11.1. The molecule has 1 N–H and O–H groups in total. The van der Waals surface area contributed by atoms with E-state index < -0.39 is 10.0 Å². The van der Waals surface area contributed by atoms with Crippen LogP contribution in [0.2, 0.25) is 0 Å². The van der Waals surface area contributed by atoms with Crippen LogP contribution in [0, 0.1) is 0 Å². The van der Waals surface area contributed by atoms with Crippen LogP contribution in [0.15, 0.2) is 0 Å². The minimum Gasteiger partial charge on any atom is -0.316 e. The van der Waals surface area contributed by atoms with Crippen molar-refractivity contribution >= 4 is 10.0 Å². The Labute approximate surface area is 68.6 Å². The summed E-state index contributed by atoms with van der Waals surface area (Å²) in [6, 6.07) is 0. The van der Waals surface area contributed by atoms with Gasteiger partial charge in [-0.2, -0.15) is 0 Å². The third-order valence-electron chi connectivity index (χ3n) is 1.34. The molecule has 0 bridgehead atoms. The lowest BCUT2D eigenvalue weighted by molar-refractivity contribution is 0.518. The van der Waals surface area contributed by atoms with Crippen molar-refractivity contribution < 1.29 is 8.42 Å². The summed E-state index contributed by atoms with van der Waals surface area (Å²) < 4.78 is 23.4. The Morgan fingerprint density at radius 2 is 1.91 bits per heavy atom. The molecule has 0 fully saturated rings. The van der Waals surface area contributed by atoms with Gasteiger partial charge in [0, 0.05) is 20.6 Å². The summed E-state index contributed by atoms with van der Waals surface area (Å²) in [5.41, 5.74) is 0. The topological polar surface area (TPSA) is 49.4 Å². The van der Waals surface area contributed by atoms with Crippen molar-refractivity contribution in [3.8, 4) is 0 Å². The average molecular weight is 180 g/mol. The van der Waals surface area contributed by atoms with E-state index in [-0.39, 0.29) is 5.75 Å². The van der Waals surface area contributed by atoms with Gasteiger partial charge in [-0.25, -0.2) is 12.7 Å². The molecule has 0 unspecified atom stereocenters. The van der Waals surface area contributed by atoms with E-state index in [1.807, 2.05) is 6.92 Å². The van der Waals surface area contributed by atoms with E-state index in [9.17, 15) is 8.42 Å². The first-order valence-electron chi connectivity index (χ1n) is 3.61. The Morgan fingerprint density at radius 1 is 1.36 bits per heavy atom. The molecule has 0 saturated carbocycles. The smallest absolute Gasteiger partial charge is 0.214 e. The van der Waals surface area contributed by atoms with Crippen LogP contribution in [-0.2, 0) is 10.0 Å². The zero-order chi connectivity index (χ0) is 8.91. The lowest BCUT2D eigenvalue weighted by Gasteiger charge is -2.10. The first-order valence-corrected chi connectivity index (χ1v) is 5.22. The molecule has 0 spiro atoms. The third-order valence-corrected chi connectivity index (χ3v) is 3.18. The van der Waals surface area contributed by atoms with E-state index in [0.717, 1.165) is 6.54 Å². The Bertz CT molecular complexity index is 187.